The van der Waals surface area contributed by atoms with E-state index in [1.807, 2.05) is 0 Å². The summed E-state index contributed by atoms with van der Waals surface area (Å²) in [4.78, 5) is 6.91. The highest BCUT2D eigenvalue weighted by molar-refractivity contribution is 14.0. The number of rotatable bonds is 7. The van der Waals surface area contributed by atoms with Crippen LogP contribution in [-0.2, 0) is 22.6 Å². The standard InChI is InChI=1S/C22H36N4O2.HI/c1-23-21(25-18-22(27-2)10-14-28-15-11-22)24-16-19-6-8-20(9-7-19)17-26-12-4-3-5-13-26;/h6-9H,3-5,10-18H2,1-2H3,(H2,23,24,25);1H. The van der Waals surface area contributed by atoms with Crippen LogP contribution in [0.5, 0.6) is 0 Å². The zero-order valence-corrected chi connectivity index (χ0v) is 20.2. The summed E-state index contributed by atoms with van der Waals surface area (Å²) in [5.41, 5.74) is 2.50. The largest absolute Gasteiger partial charge is 0.381 e. The first-order chi connectivity index (χ1) is 13.7. The lowest BCUT2D eigenvalue weighted by molar-refractivity contribution is -0.0855. The van der Waals surface area contributed by atoms with Crippen LogP contribution in [0.2, 0.25) is 0 Å². The number of aliphatic imine (C=N–C) groups is 1. The molecule has 0 atom stereocenters. The highest BCUT2D eigenvalue weighted by Crippen LogP contribution is 2.23. The van der Waals surface area contributed by atoms with Gasteiger partial charge in [-0.3, -0.25) is 9.89 Å². The fourth-order valence-electron chi connectivity index (χ4n) is 3.99. The monoisotopic (exact) mass is 516 g/mol. The van der Waals surface area contributed by atoms with Crippen LogP contribution < -0.4 is 10.6 Å². The van der Waals surface area contributed by atoms with E-state index in [1.54, 1.807) is 14.2 Å². The number of ether oxygens (including phenoxy) is 2. The van der Waals surface area contributed by atoms with Gasteiger partial charge in [-0.2, -0.15) is 0 Å². The molecule has 2 aliphatic heterocycles. The molecule has 3 rings (SSSR count). The number of halogens is 1. The van der Waals surface area contributed by atoms with Gasteiger partial charge in [0.15, 0.2) is 5.96 Å². The third-order valence-corrected chi connectivity index (χ3v) is 5.98. The maximum Gasteiger partial charge on any atom is 0.191 e. The molecule has 164 valence electrons. The molecule has 6 nitrogen and oxygen atoms in total. The number of hydrogen-bond donors (Lipinski definition) is 2. The van der Waals surface area contributed by atoms with Gasteiger partial charge in [0.05, 0.1) is 5.60 Å². The number of methoxy groups -OCH3 is 1. The van der Waals surface area contributed by atoms with Gasteiger partial charge in [-0.05, 0) is 37.1 Å². The van der Waals surface area contributed by atoms with Gasteiger partial charge in [0, 0.05) is 59.8 Å². The molecule has 0 aromatic heterocycles. The van der Waals surface area contributed by atoms with Gasteiger partial charge in [0.1, 0.15) is 0 Å². The zero-order chi connectivity index (χ0) is 19.7. The maximum atomic E-state index is 5.78. The fourth-order valence-corrected chi connectivity index (χ4v) is 3.99. The molecular weight excluding hydrogens is 479 g/mol. The number of nitrogens with zero attached hydrogens (tertiary/aromatic N) is 2. The SMILES string of the molecule is CN=C(NCc1ccc(CN2CCCCC2)cc1)NCC1(OC)CCOCC1.I. The summed E-state index contributed by atoms with van der Waals surface area (Å²) in [7, 11) is 3.59. The predicted octanol–water partition coefficient (Wildman–Crippen LogP) is 3.15. The van der Waals surface area contributed by atoms with Crippen molar-refractivity contribution in [2.24, 2.45) is 4.99 Å². The summed E-state index contributed by atoms with van der Waals surface area (Å²) in [6, 6.07) is 8.94. The van der Waals surface area contributed by atoms with Crippen molar-refractivity contribution in [1.82, 2.24) is 15.5 Å². The molecule has 1 aromatic carbocycles. The smallest absolute Gasteiger partial charge is 0.191 e. The topological polar surface area (TPSA) is 58.1 Å². The lowest BCUT2D eigenvalue weighted by Crippen LogP contribution is -2.50. The van der Waals surface area contributed by atoms with Crippen LogP contribution in [0.3, 0.4) is 0 Å². The van der Waals surface area contributed by atoms with Crippen molar-refractivity contribution < 1.29 is 9.47 Å². The molecule has 0 bridgehead atoms. The van der Waals surface area contributed by atoms with E-state index in [2.05, 4.69) is 44.8 Å². The van der Waals surface area contributed by atoms with Crippen molar-refractivity contribution in [3.63, 3.8) is 0 Å². The Morgan fingerprint density at radius 3 is 2.34 bits per heavy atom. The number of nitrogens with one attached hydrogen (secondary N) is 2. The molecule has 0 unspecified atom stereocenters. The van der Waals surface area contributed by atoms with E-state index in [4.69, 9.17) is 9.47 Å². The number of hydrogen-bond acceptors (Lipinski definition) is 4. The molecule has 0 radical (unpaired) electrons. The minimum absolute atomic E-state index is 0. The number of benzene rings is 1. The quantitative estimate of drug-likeness (QED) is 0.332. The van der Waals surface area contributed by atoms with E-state index < -0.39 is 0 Å². The first-order valence-electron chi connectivity index (χ1n) is 10.6. The average Bonchev–Trinajstić information content (AvgIpc) is 2.76. The van der Waals surface area contributed by atoms with E-state index in [0.29, 0.717) is 0 Å². The summed E-state index contributed by atoms with van der Waals surface area (Å²) in [5, 5.41) is 6.83. The second-order valence-electron chi connectivity index (χ2n) is 7.93. The number of guanidine groups is 1. The molecule has 0 aliphatic carbocycles. The van der Waals surface area contributed by atoms with Gasteiger partial charge in [0.2, 0.25) is 0 Å². The molecule has 0 saturated carbocycles. The Labute approximate surface area is 192 Å². The van der Waals surface area contributed by atoms with Gasteiger partial charge < -0.3 is 20.1 Å². The van der Waals surface area contributed by atoms with Gasteiger partial charge in [-0.25, -0.2) is 0 Å². The first kappa shape index (κ1) is 24.4. The van der Waals surface area contributed by atoms with E-state index in [9.17, 15) is 0 Å². The van der Waals surface area contributed by atoms with Gasteiger partial charge in [-0.15, -0.1) is 24.0 Å². The Morgan fingerprint density at radius 2 is 1.72 bits per heavy atom. The third-order valence-electron chi connectivity index (χ3n) is 5.98. The molecule has 2 aliphatic rings. The fraction of sp³-hybridized carbons (Fsp3) is 0.682. The second kappa shape index (κ2) is 12.7. The average molecular weight is 516 g/mol. The Balaban J connectivity index is 0.00000300. The van der Waals surface area contributed by atoms with E-state index in [0.717, 1.165) is 51.6 Å². The van der Waals surface area contributed by atoms with Gasteiger partial charge >= 0.3 is 0 Å². The number of likely N-dealkylation sites (tertiary alicyclic amines) is 1. The van der Waals surface area contributed by atoms with Crippen LogP contribution in [0.15, 0.2) is 29.3 Å². The Bertz CT molecular complexity index is 612. The van der Waals surface area contributed by atoms with Gasteiger partial charge in [0.25, 0.3) is 0 Å². The summed E-state index contributed by atoms with van der Waals surface area (Å²) in [6.45, 7) is 6.55. The molecule has 2 saturated heterocycles. The van der Waals surface area contributed by atoms with Crippen LogP contribution >= 0.6 is 24.0 Å². The Kier molecular flexibility index (Phi) is 10.7. The maximum absolute atomic E-state index is 5.78. The predicted molar refractivity (Wildman–Crippen MR) is 129 cm³/mol. The molecule has 29 heavy (non-hydrogen) atoms. The summed E-state index contributed by atoms with van der Waals surface area (Å²) < 4.78 is 11.2. The molecule has 1 aromatic rings. The molecule has 2 fully saturated rings. The molecular formula is C22H37IN4O2. The van der Waals surface area contributed by atoms with Crippen LogP contribution in [0.4, 0.5) is 0 Å². The van der Waals surface area contributed by atoms with Crippen molar-refractivity contribution in [3.05, 3.63) is 35.4 Å². The Hall–Kier alpha value is -0.900. The normalized spacial score (nSPS) is 20.0. The van der Waals surface area contributed by atoms with E-state index in [1.165, 1.54) is 43.5 Å². The van der Waals surface area contributed by atoms with Crippen molar-refractivity contribution in [1.29, 1.82) is 0 Å². The van der Waals surface area contributed by atoms with Crippen LogP contribution in [0.25, 0.3) is 0 Å². The molecule has 2 heterocycles. The summed E-state index contributed by atoms with van der Waals surface area (Å²) >= 11 is 0. The van der Waals surface area contributed by atoms with Crippen molar-refractivity contribution in [3.8, 4) is 0 Å². The van der Waals surface area contributed by atoms with E-state index in [-0.39, 0.29) is 29.6 Å². The highest BCUT2D eigenvalue weighted by atomic mass is 127. The second-order valence-corrected chi connectivity index (χ2v) is 7.93. The van der Waals surface area contributed by atoms with Crippen molar-refractivity contribution in [2.75, 3.05) is 47.0 Å². The van der Waals surface area contributed by atoms with Crippen molar-refractivity contribution in [2.45, 2.75) is 50.8 Å². The minimum atomic E-state index is -0.161. The Morgan fingerprint density at radius 1 is 1.07 bits per heavy atom. The molecule has 2 N–H and O–H groups in total. The lowest BCUT2D eigenvalue weighted by Gasteiger charge is -2.36. The first-order valence-corrected chi connectivity index (χ1v) is 10.6. The van der Waals surface area contributed by atoms with Crippen LogP contribution in [0.1, 0.15) is 43.2 Å². The van der Waals surface area contributed by atoms with Crippen molar-refractivity contribution >= 4 is 29.9 Å². The summed E-state index contributed by atoms with van der Waals surface area (Å²) in [5.74, 6) is 0.806. The lowest BCUT2D eigenvalue weighted by atomic mass is 9.94. The number of piperidine rings is 1. The summed E-state index contributed by atoms with van der Waals surface area (Å²) in [6.07, 6.45) is 5.88. The van der Waals surface area contributed by atoms with Gasteiger partial charge in [-0.1, -0.05) is 30.7 Å². The minimum Gasteiger partial charge on any atom is -0.381 e. The molecule has 0 spiro atoms. The van der Waals surface area contributed by atoms with E-state index >= 15 is 0 Å². The zero-order valence-electron chi connectivity index (χ0n) is 17.9. The third kappa shape index (κ3) is 7.70. The molecule has 0 amide bonds. The van der Waals surface area contributed by atoms with Crippen LogP contribution in [0, 0.1) is 0 Å². The highest BCUT2D eigenvalue weighted by Gasteiger charge is 2.32. The van der Waals surface area contributed by atoms with Crippen LogP contribution in [-0.4, -0.2) is 63.5 Å². The molecule has 7 heteroatoms.